The van der Waals surface area contributed by atoms with Crippen molar-refractivity contribution in [3.8, 4) is 5.75 Å². The van der Waals surface area contributed by atoms with E-state index in [0.717, 1.165) is 24.4 Å². The summed E-state index contributed by atoms with van der Waals surface area (Å²) in [6, 6.07) is 7.20. The molecule has 1 aromatic carbocycles. The van der Waals surface area contributed by atoms with Gasteiger partial charge in [0, 0.05) is 17.1 Å². The van der Waals surface area contributed by atoms with Gasteiger partial charge in [0.25, 0.3) is 0 Å². The maximum atomic E-state index is 6.14. The Kier molecular flexibility index (Phi) is 3.44. The molecule has 5 heteroatoms. The lowest BCUT2D eigenvalue weighted by atomic mass is 10.1. The topological polar surface area (TPSA) is 25.6 Å². The number of halogens is 2. The summed E-state index contributed by atoms with van der Waals surface area (Å²) in [4.78, 5) is 2.15. The second-order valence-corrected chi connectivity index (χ2v) is 5.52. The first-order valence-corrected chi connectivity index (χ1v) is 6.75. The van der Waals surface area contributed by atoms with Gasteiger partial charge in [-0.2, -0.15) is 0 Å². The molecular weight excluding hydrogens is 285 g/mol. The van der Waals surface area contributed by atoms with E-state index in [-0.39, 0.29) is 6.10 Å². The van der Waals surface area contributed by atoms with Gasteiger partial charge in [0.2, 0.25) is 0 Å². The molecule has 1 aliphatic heterocycles. The maximum Gasteiger partial charge on any atom is 0.140 e. The van der Waals surface area contributed by atoms with Crippen LogP contribution in [0.25, 0.3) is 0 Å². The van der Waals surface area contributed by atoms with E-state index in [4.69, 9.17) is 32.4 Å². The van der Waals surface area contributed by atoms with Crippen LogP contribution in [-0.4, -0.2) is 18.5 Å². The molecule has 19 heavy (non-hydrogen) atoms. The summed E-state index contributed by atoms with van der Waals surface area (Å²) < 4.78 is 11.5. The van der Waals surface area contributed by atoms with Crippen molar-refractivity contribution in [2.45, 2.75) is 12.6 Å². The van der Waals surface area contributed by atoms with Gasteiger partial charge in [-0.15, -0.1) is 0 Å². The van der Waals surface area contributed by atoms with E-state index in [1.54, 1.807) is 24.5 Å². The fraction of sp³-hybridized carbons (Fsp3) is 0.286. The Labute approximate surface area is 121 Å². The molecule has 0 N–H and O–H groups in total. The van der Waals surface area contributed by atoms with Crippen molar-refractivity contribution in [3.63, 3.8) is 0 Å². The molecule has 0 fully saturated rings. The predicted molar refractivity (Wildman–Crippen MR) is 74.9 cm³/mol. The van der Waals surface area contributed by atoms with Gasteiger partial charge in [0.15, 0.2) is 0 Å². The Balaban J connectivity index is 1.88. The van der Waals surface area contributed by atoms with Crippen LogP contribution in [0.3, 0.4) is 0 Å². The summed E-state index contributed by atoms with van der Waals surface area (Å²) in [5, 5.41) is 1.12. The minimum atomic E-state index is -0.0776. The van der Waals surface area contributed by atoms with E-state index in [9.17, 15) is 0 Å². The van der Waals surface area contributed by atoms with Crippen LogP contribution in [-0.2, 0) is 6.54 Å². The van der Waals surface area contributed by atoms with Crippen molar-refractivity contribution >= 4 is 23.2 Å². The monoisotopic (exact) mass is 297 g/mol. The van der Waals surface area contributed by atoms with Gasteiger partial charge in [0.05, 0.1) is 17.8 Å². The van der Waals surface area contributed by atoms with Crippen LogP contribution in [0.5, 0.6) is 5.75 Å². The Bertz CT molecular complexity index is 597. The zero-order valence-corrected chi connectivity index (χ0v) is 11.9. The second-order valence-electron chi connectivity index (χ2n) is 4.68. The summed E-state index contributed by atoms with van der Waals surface area (Å²) in [6.45, 7) is 1.60. The van der Waals surface area contributed by atoms with Gasteiger partial charge in [-0.3, -0.25) is 4.90 Å². The third-order valence-corrected chi connectivity index (χ3v) is 3.71. The van der Waals surface area contributed by atoms with E-state index in [1.807, 2.05) is 13.1 Å². The number of ether oxygens (including phenoxy) is 1. The van der Waals surface area contributed by atoms with Gasteiger partial charge in [-0.1, -0.05) is 23.2 Å². The fourth-order valence-corrected chi connectivity index (χ4v) is 2.73. The van der Waals surface area contributed by atoms with Crippen molar-refractivity contribution < 1.29 is 9.15 Å². The van der Waals surface area contributed by atoms with Crippen LogP contribution in [0.15, 0.2) is 34.9 Å². The van der Waals surface area contributed by atoms with Crippen molar-refractivity contribution in [2.24, 2.45) is 0 Å². The Hall–Kier alpha value is -1.16. The number of rotatable bonds is 2. The number of fused-ring (bicyclic) bond motifs is 1. The lowest BCUT2D eigenvalue weighted by Crippen LogP contribution is -2.32. The number of hydrogen-bond acceptors (Lipinski definition) is 3. The van der Waals surface area contributed by atoms with Crippen molar-refractivity contribution in [3.05, 3.63) is 51.9 Å². The summed E-state index contributed by atoms with van der Waals surface area (Å²) in [7, 11) is 2.03. The minimum absolute atomic E-state index is 0.0776. The SMILES string of the molecule is CN1Cc2occc2C(Oc2ccc(Cl)cc2Cl)C1. The molecule has 0 spiro atoms. The first-order chi connectivity index (χ1) is 9.13. The molecule has 3 nitrogen and oxygen atoms in total. The zero-order chi connectivity index (χ0) is 13.4. The van der Waals surface area contributed by atoms with Gasteiger partial charge in [-0.05, 0) is 31.3 Å². The van der Waals surface area contributed by atoms with E-state index in [2.05, 4.69) is 4.90 Å². The molecule has 1 unspecified atom stereocenters. The maximum absolute atomic E-state index is 6.14. The summed E-state index contributed by atoms with van der Waals surface area (Å²) in [6.07, 6.45) is 1.62. The molecule has 2 heterocycles. The minimum Gasteiger partial charge on any atom is -0.483 e. The molecule has 1 atom stereocenters. The molecule has 100 valence electrons. The summed E-state index contributed by atoms with van der Waals surface area (Å²) in [5.41, 5.74) is 1.09. The molecule has 1 aliphatic rings. The number of benzene rings is 1. The van der Waals surface area contributed by atoms with E-state index in [1.165, 1.54) is 0 Å². The van der Waals surface area contributed by atoms with Crippen molar-refractivity contribution in [1.29, 1.82) is 0 Å². The van der Waals surface area contributed by atoms with Gasteiger partial charge in [-0.25, -0.2) is 0 Å². The van der Waals surface area contributed by atoms with Gasteiger partial charge < -0.3 is 9.15 Å². The highest BCUT2D eigenvalue weighted by Gasteiger charge is 2.27. The highest BCUT2D eigenvalue weighted by atomic mass is 35.5. The first kappa shape index (κ1) is 12.9. The Morgan fingerprint density at radius 3 is 2.95 bits per heavy atom. The third-order valence-electron chi connectivity index (χ3n) is 3.18. The third kappa shape index (κ3) is 2.59. The zero-order valence-electron chi connectivity index (χ0n) is 10.4. The Morgan fingerprint density at radius 1 is 1.32 bits per heavy atom. The number of hydrogen-bond donors (Lipinski definition) is 0. The molecule has 0 saturated heterocycles. The average Bonchev–Trinajstić information content (AvgIpc) is 2.80. The van der Waals surface area contributed by atoms with Gasteiger partial charge >= 0.3 is 0 Å². The van der Waals surface area contributed by atoms with Crippen LogP contribution < -0.4 is 4.74 Å². The molecule has 2 aromatic rings. The molecular formula is C14H13Cl2NO2. The standard InChI is InChI=1S/C14H13Cl2NO2/c1-17-7-13-10(4-5-18-13)14(8-17)19-12-3-2-9(15)6-11(12)16/h2-6,14H,7-8H2,1H3. The van der Waals surface area contributed by atoms with E-state index < -0.39 is 0 Å². The fourth-order valence-electron chi connectivity index (χ4n) is 2.28. The first-order valence-electron chi connectivity index (χ1n) is 6.00. The number of nitrogens with zero attached hydrogens (tertiary/aromatic N) is 1. The molecule has 0 bridgehead atoms. The van der Waals surface area contributed by atoms with Crippen LogP contribution in [0.2, 0.25) is 10.0 Å². The van der Waals surface area contributed by atoms with Gasteiger partial charge in [0.1, 0.15) is 17.6 Å². The van der Waals surface area contributed by atoms with Crippen LogP contribution >= 0.6 is 23.2 Å². The molecule has 0 aliphatic carbocycles. The molecule has 0 radical (unpaired) electrons. The van der Waals surface area contributed by atoms with Crippen LogP contribution in [0.4, 0.5) is 0 Å². The molecule has 0 amide bonds. The predicted octanol–water partition coefficient (Wildman–Crippen LogP) is 4.15. The van der Waals surface area contributed by atoms with Crippen molar-refractivity contribution in [2.75, 3.05) is 13.6 Å². The Morgan fingerprint density at radius 2 is 2.16 bits per heavy atom. The van der Waals surface area contributed by atoms with E-state index >= 15 is 0 Å². The highest BCUT2D eigenvalue weighted by molar-refractivity contribution is 6.35. The largest absolute Gasteiger partial charge is 0.483 e. The smallest absolute Gasteiger partial charge is 0.140 e. The molecule has 3 rings (SSSR count). The second kappa shape index (κ2) is 5.08. The summed E-state index contributed by atoms with van der Waals surface area (Å²) >= 11 is 12.0. The average molecular weight is 298 g/mol. The van der Waals surface area contributed by atoms with Crippen LogP contribution in [0, 0.1) is 0 Å². The number of likely N-dealkylation sites (N-methyl/N-ethyl adjacent to an activating group) is 1. The quantitative estimate of drug-likeness (QED) is 0.833. The lowest BCUT2D eigenvalue weighted by molar-refractivity contribution is 0.120. The van der Waals surface area contributed by atoms with E-state index in [0.29, 0.717) is 15.8 Å². The normalized spacial score (nSPS) is 19.2. The van der Waals surface area contributed by atoms with Crippen LogP contribution in [0.1, 0.15) is 17.4 Å². The lowest BCUT2D eigenvalue weighted by Gasteiger charge is -2.29. The molecule has 0 saturated carbocycles. The summed E-state index contributed by atoms with van der Waals surface area (Å²) in [5.74, 6) is 1.59. The van der Waals surface area contributed by atoms with Crippen molar-refractivity contribution in [1.82, 2.24) is 4.90 Å². The molecule has 1 aromatic heterocycles. The number of furan rings is 1. The highest BCUT2D eigenvalue weighted by Crippen LogP contribution is 2.35.